The Hall–Kier alpha value is -0.990. The molecule has 0 bridgehead atoms. The third kappa shape index (κ3) is 2.40. The van der Waals surface area contributed by atoms with Crippen LogP contribution < -0.4 is 5.32 Å². The predicted molar refractivity (Wildman–Crippen MR) is 74.8 cm³/mol. The Balaban J connectivity index is 1.66. The molecule has 18 heavy (non-hydrogen) atoms. The van der Waals surface area contributed by atoms with E-state index in [0.717, 1.165) is 11.9 Å². The monoisotopic (exact) mass is 247 g/mol. The van der Waals surface area contributed by atoms with E-state index in [1.165, 1.54) is 51.4 Å². The van der Waals surface area contributed by atoms with Crippen LogP contribution in [-0.4, -0.2) is 15.6 Å². The first-order chi connectivity index (χ1) is 8.84. The Morgan fingerprint density at radius 2 is 1.94 bits per heavy atom. The van der Waals surface area contributed by atoms with Crippen molar-refractivity contribution in [3.05, 3.63) is 12.4 Å². The molecule has 0 spiro atoms. The summed E-state index contributed by atoms with van der Waals surface area (Å²) in [5.74, 6) is 1.96. The van der Waals surface area contributed by atoms with Crippen LogP contribution in [-0.2, 0) is 0 Å². The van der Waals surface area contributed by atoms with E-state index < -0.39 is 0 Å². The summed E-state index contributed by atoms with van der Waals surface area (Å²) in [5.41, 5.74) is 0. The maximum Gasteiger partial charge on any atom is 0.203 e. The van der Waals surface area contributed by atoms with Crippen molar-refractivity contribution in [2.45, 2.75) is 70.4 Å². The highest BCUT2D eigenvalue weighted by Gasteiger charge is 2.25. The van der Waals surface area contributed by atoms with E-state index in [1.807, 2.05) is 6.20 Å². The molecule has 2 fully saturated rings. The minimum Gasteiger partial charge on any atom is -0.353 e. The third-order valence-corrected chi connectivity index (χ3v) is 4.85. The SMILES string of the molecule is CC(Nc1nccn1C1CCCCC1)C1CCC1. The second kappa shape index (κ2) is 5.33. The third-order valence-electron chi connectivity index (χ3n) is 4.85. The standard InChI is InChI=1S/C15H25N3/c1-12(13-6-5-7-13)17-15-16-10-11-18(15)14-8-3-2-4-9-14/h10-14H,2-9H2,1H3,(H,16,17). The highest BCUT2D eigenvalue weighted by molar-refractivity contribution is 5.28. The average molecular weight is 247 g/mol. The van der Waals surface area contributed by atoms with Gasteiger partial charge in [0, 0.05) is 24.5 Å². The molecule has 0 aliphatic heterocycles. The van der Waals surface area contributed by atoms with Crippen LogP contribution in [0.2, 0.25) is 0 Å². The zero-order valence-corrected chi connectivity index (χ0v) is 11.4. The van der Waals surface area contributed by atoms with E-state index in [9.17, 15) is 0 Å². The van der Waals surface area contributed by atoms with Gasteiger partial charge in [-0.15, -0.1) is 0 Å². The van der Waals surface area contributed by atoms with E-state index in [1.54, 1.807) is 0 Å². The van der Waals surface area contributed by atoms with E-state index >= 15 is 0 Å². The fourth-order valence-corrected chi connectivity index (χ4v) is 3.34. The van der Waals surface area contributed by atoms with Gasteiger partial charge in [-0.3, -0.25) is 0 Å². The van der Waals surface area contributed by atoms with Crippen molar-refractivity contribution in [1.29, 1.82) is 0 Å². The van der Waals surface area contributed by atoms with Crippen molar-refractivity contribution in [1.82, 2.24) is 9.55 Å². The summed E-state index contributed by atoms with van der Waals surface area (Å²) in [7, 11) is 0. The zero-order chi connectivity index (χ0) is 12.4. The van der Waals surface area contributed by atoms with Crippen molar-refractivity contribution in [2.75, 3.05) is 5.32 Å². The van der Waals surface area contributed by atoms with Gasteiger partial charge in [0.05, 0.1) is 0 Å². The molecule has 1 aromatic heterocycles. The molecule has 2 aliphatic rings. The number of hydrogen-bond donors (Lipinski definition) is 1. The minimum absolute atomic E-state index is 0.573. The lowest BCUT2D eigenvalue weighted by molar-refractivity contribution is 0.282. The van der Waals surface area contributed by atoms with Crippen LogP contribution in [0.5, 0.6) is 0 Å². The number of aromatic nitrogens is 2. The lowest BCUT2D eigenvalue weighted by Gasteiger charge is -2.33. The Kier molecular flexibility index (Phi) is 3.57. The van der Waals surface area contributed by atoms with Crippen molar-refractivity contribution in [3.8, 4) is 0 Å². The van der Waals surface area contributed by atoms with Crippen LogP contribution in [0.3, 0.4) is 0 Å². The number of rotatable bonds is 4. The van der Waals surface area contributed by atoms with Gasteiger partial charge in [0.2, 0.25) is 5.95 Å². The summed E-state index contributed by atoms with van der Waals surface area (Å²) in [6, 6.07) is 1.25. The highest BCUT2D eigenvalue weighted by Crippen LogP contribution is 2.33. The lowest BCUT2D eigenvalue weighted by Crippen LogP contribution is -2.32. The Labute approximate surface area is 110 Å². The quantitative estimate of drug-likeness (QED) is 0.872. The van der Waals surface area contributed by atoms with Crippen LogP contribution >= 0.6 is 0 Å². The molecule has 1 N–H and O–H groups in total. The molecule has 3 rings (SSSR count). The summed E-state index contributed by atoms with van der Waals surface area (Å²) in [5, 5.41) is 3.64. The van der Waals surface area contributed by atoms with Gasteiger partial charge in [0.1, 0.15) is 0 Å². The fourth-order valence-electron chi connectivity index (χ4n) is 3.34. The molecule has 3 nitrogen and oxygen atoms in total. The number of nitrogens with one attached hydrogen (secondary N) is 1. The molecule has 0 amide bonds. The Morgan fingerprint density at radius 3 is 2.61 bits per heavy atom. The first-order valence-electron chi connectivity index (χ1n) is 7.64. The van der Waals surface area contributed by atoms with Gasteiger partial charge in [0.15, 0.2) is 0 Å². The van der Waals surface area contributed by atoms with Gasteiger partial charge in [-0.1, -0.05) is 25.7 Å². The number of imidazole rings is 1. The molecule has 0 radical (unpaired) electrons. The van der Waals surface area contributed by atoms with Gasteiger partial charge < -0.3 is 9.88 Å². The maximum atomic E-state index is 4.52. The normalized spacial score (nSPS) is 23.6. The Bertz CT molecular complexity index is 375. The van der Waals surface area contributed by atoms with E-state index in [2.05, 4.69) is 28.0 Å². The lowest BCUT2D eigenvalue weighted by atomic mass is 9.80. The molecule has 2 saturated carbocycles. The molecule has 1 aromatic rings. The van der Waals surface area contributed by atoms with Gasteiger partial charge >= 0.3 is 0 Å². The first kappa shape index (κ1) is 12.1. The van der Waals surface area contributed by atoms with Crippen molar-refractivity contribution < 1.29 is 0 Å². The average Bonchev–Trinajstić information content (AvgIpc) is 2.76. The number of nitrogens with zero attached hydrogens (tertiary/aromatic N) is 2. The smallest absolute Gasteiger partial charge is 0.203 e. The Morgan fingerprint density at radius 1 is 1.17 bits per heavy atom. The van der Waals surface area contributed by atoms with Crippen LogP contribution in [0.4, 0.5) is 5.95 Å². The van der Waals surface area contributed by atoms with E-state index in [4.69, 9.17) is 0 Å². The number of hydrogen-bond acceptors (Lipinski definition) is 2. The zero-order valence-electron chi connectivity index (χ0n) is 11.4. The molecule has 1 atom stereocenters. The van der Waals surface area contributed by atoms with Gasteiger partial charge in [0.25, 0.3) is 0 Å². The molecular formula is C15H25N3. The molecule has 1 heterocycles. The summed E-state index contributed by atoms with van der Waals surface area (Å²) in [4.78, 5) is 4.52. The molecular weight excluding hydrogens is 222 g/mol. The number of anilines is 1. The fraction of sp³-hybridized carbons (Fsp3) is 0.800. The van der Waals surface area contributed by atoms with Crippen LogP contribution in [0.15, 0.2) is 12.4 Å². The molecule has 0 saturated heterocycles. The van der Waals surface area contributed by atoms with Gasteiger partial charge in [-0.2, -0.15) is 0 Å². The summed E-state index contributed by atoms with van der Waals surface area (Å²) >= 11 is 0. The molecule has 100 valence electrons. The highest BCUT2D eigenvalue weighted by atomic mass is 15.2. The topological polar surface area (TPSA) is 29.9 Å². The van der Waals surface area contributed by atoms with Gasteiger partial charge in [-0.25, -0.2) is 4.98 Å². The summed E-state index contributed by atoms with van der Waals surface area (Å²) < 4.78 is 2.38. The maximum absolute atomic E-state index is 4.52. The van der Waals surface area contributed by atoms with Crippen LogP contribution in [0, 0.1) is 5.92 Å². The summed E-state index contributed by atoms with van der Waals surface area (Å²) in [6.07, 6.45) is 15.1. The second-order valence-corrected chi connectivity index (χ2v) is 6.07. The van der Waals surface area contributed by atoms with Crippen LogP contribution in [0.1, 0.15) is 64.3 Å². The van der Waals surface area contributed by atoms with Crippen molar-refractivity contribution in [3.63, 3.8) is 0 Å². The van der Waals surface area contributed by atoms with Crippen LogP contribution in [0.25, 0.3) is 0 Å². The van der Waals surface area contributed by atoms with Gasteiger partial charge in [-0.05, 0) is 38.5 Å². The molecule has 0 aromatic carbocycles. The second-order valence-electron chi connectivity index (χ2n) is 6.07. The van der Waals surface area contributed by atoms with E-state index in [-0.39, 0.29) is 0 Å². The van der Waals surface area contributed by atoms with Crippen molar-refractivity contribution in [2.24, 2.45) is 5.92 Å². The minimum atomic E-state index is 0.573. The molecule has 2 aliphatic carbocycles. The van der Waals surface area contributed by atoms with E-state index in [0.29, 0.717) is 12.1 Å². The molecule has 3 heteroatoms. The predicted octanol–water partition coefficient (Wildman–Crippen LogP) is 3.99. The largest absolute Gasteiger partial charge is 0.353 e. The first-order valence-corrected chi connectivity index (χ1v) is 7.64. The van der Waals surface area contributed by atoms with Crippen molar-refractivity contribution >= 4 is 5.95 Å². The summed E-state index contributed by atoms with van der Waals surface area (Å²) in [6.45, 7) is 2.31. The molecule has 1 unspecified atom stereocenters.